The molecule has 0 heterocycles. The summed E-state index contributed by atoms with van der Waals surface area (Å²) in [5.74, 6) is -3.05. The Morgan fingerprint density at radius 1 is 0.800 bits per heavy atom. The first-order valence-corrected chi connectivity index (χ1v) is 9.00. The van der Waals surface area contributed by atoms with Gasteiger partial charge in [0.15, 0.2) is 0 Å². The van der Waals surface area contributed by atoms with Gasteiger partial charge in [-0.15, -0.1) is 0 Å². The van der Waals surface area contributed by atoms with Gasteiger partial charge in [-0.05, 0) is 27.8 Å². The van der Waals surface area contributed by atoms with Crippen molar-refractivity contribution in [3.63, 3.8) is 0 Å². The van der Waals surface area contributed by atoms with Crippen LogP contribution in [-0.2, 0) is 15.0 Å². The third-order valence-electron chi connectivity index (χ3n) is 5.28. The normalized spacial score (nSPS) is 14.3. The van der Waals surface area contributed by atoms with E-state index in [0.717, 1.165) is 0 Å². The Hall–Kier alpha value is -4.26. The van der Waals surface area contributed by atoms with Crippen LogP contribution in [0, 0.1) is 10.1 Å². The minimum atomic E-state index is -2.35. The number of carbonyl (C=O) groups is 2. The third-order valence-corrected chi connectivity index (χ3v) is 5.28. The highest BCUT2D eigenvalue weighted by Crippen LogP contribution is 2.54. The smallest absolute Gasteiger partial charge is 0.330 e. The quantitative estimate of drug-likeness (QED) is 0.379. The maximum Gasteiger partial charge on any atom is 0.330 e. The number of hydrogen-bond acceptors (Lipinski definition) is 4. The largest absolute Gasteiger partial charge is 0.480 e. The van der Waals surface area contributed by atoms with Crippen molar-refractivity contribution < 1.29 is 24.7 Å². The monoisotopic (exact) mass is 401 g/mol. The van der Waals surface area contributed by atoms with Gasteiger partial charge >= 0.3 is 11.9 Å². The van der Waals surface area contributed by atoms with E-state index in [1.54, 1.807) is 54.6 Å². The Balaban J connectivity index is 2.19. The zero-order chi connectivity index (χ0) is 21.5. The average molecular weight is 401 g/mol. The number of nitro groups is 1. The average Bonchev–Trinajstić information content (AvgIpc) is 3.06. The van der Waals surface area contributed by atoms with Crippen LogP contribution >= 0.6 is 0 Å². The molecule has 0 saturated heterocycles. The molecule has 0 atom stereocenters. The van der Waals surface area contributed by atoms with Gasteiger partial charge in [-0.1, -0.05) is 66.7 Å². The number of carboxylic acid groups (broad SMARTS) is 2. The Morgan fingerprint density at radius 2 is 1.40 bits per heavy atom. The molecule has 148 valence electrons. The third kappa shape index (κ3) is 2.60. The molecule has 2 N–H and O–H groups in total. The van der Waals surface area contributed by atoms with Crippen molar-refractivity contribution in [3.8, 4) is 0 Å². The Kier molecular flexibility index (Phi) is 4.43. The van der Waals surface area contributed by atoms with Crippen LogP contribution in [0.5, 0.6) is 0 Å². The fourth-order valence-corrected chi connectivity index (χ4v) is 4.06. The topological polar surface area (TPSA) is 118 Å². The summed E-state index contributed by atoms with van der Waals surface area (Å²) in [6, 6.07) is 20.5. The van der Waals surface area contributed by atoms with E-state index in [9.17, 15) is 29.9 Å². The van der Waals surface area contributed by atoms with Crippen molar-refractivity contribution in [2.45, 2.75) is 5.41 Å². The number of carboxylic acids is 2. The first kappa shape index (κ1) is 19.1. The molecular formula is C23H15NO6. The molecule has 3 aromatic rings. The predicted molar refractivity (Wildman–Crippen MR) is 109 cm³/mol. The van der Waals surface area contributed by atoms with Crippen LogP contribution in [0.25, 0.3) is 11.1 Å². The molecule has 1 aliphatic rings. The second kappa shape index (κ2) is 6.97. The summed E-state index contributed by atoms with van der Waals surface area (Å²) in [4.78, 5) is 35.8. The Labute approximate surface area is 170 Å². The van der Waals surface area contributed by atoms with Crippen molar-refractivity contribution in [2.24, 2.45) is 0 Å². The van der Waals surface area contributed by atoms with Crippen molar-refractivity contribution in [1.82, 2.24) is 0 Å². The summed E-state index contributed by atoms with van der Waals surface area (Å²) >= 11 is 0. The zero-order valence-corrected chi connectivity index (χ0v) is 15.5. The summed E-state index contributed by atoms with van der Waals surface area (Å²) in [5, 5.41) is 31.7. The highest BCUT2D eigenvalue weighted by molar-refractivity contribution is 6.26. The molecule has 0 aliphatic heterocycles. The summed E-state index contributed by atoms with van der Waals surface area (Å²) in [6.45, 7) is 0. The molecule has 0 saturated carbocycles. The second-order valence-electron chi connectivity index (χ2n) is 6.83. The van der Waals surface area contributed by atoms with Crippen molar-refractivity contribution >= 4 is 28.8 Å². The maximum absolute atomic E-state index is 12.5. The van der Waals surface area contributed by atoms with Gasteiger partial charge in [0.1, 0.15) is 0 Å². The van der Waals surface area contributed by atoms with Crippen molar-refractivity contribution in [1.29, 1.82) is 0 Å². The number of rotatable bonds is 5. The lowest BCUT2D eigenvalue weighted by Gasteiger charge is -2.25. The molecule has 7 heteroatoms. The van der Waals surface area contributed by atoms with E-state index in [1.807, 2.05) is 0 Å². The first-order chi connectivity index (χ1) is 14.4. The van der Waals surface area contributed by atoms with Crippen LogP contribution in [0.4, 0.5) is 5.69 Å². The predicted octanol–water partition coefficient (Wildman–Crippen LogP) is 3.97. The van der Waals surface area contributed by atoms with Crippen molar-refractivity contribution in [3.05, 3.63) is 111 Å². The molecule has 0 amide bonds. The van der Waals surface area contributed by atoms with E-state index >= 15 is 0 Å². The van der Waals surface area contributed by atoms with Gasteiger partial charge < -0.3 is 10.2 Å². The molecule has 0 aromatic heterocycles. The summed E-state index contributed by atoms with van der Waals surface area (Å²) in [5.41, 5.74) is -0.771. The minimum absolute atomic E-state index is 0.0739. The molecule has 1 aliphatic carbocycles. The van der Waals surface area contributed by atoms with Crippen LogP contribution in [0.3, 0.4) is 0 Å². The number of fused-ring (bicyclic) bond motifs is 1. The van der Waals surface area contributed by atoms with Gasteiger partial charge in [0.2, 0.25) is 5.41 Å². The Bertz CT molecular complexity index is 1220. The van der Waals surface area contributed by atoms with E-state index in [-0.39, 0.29) is 16.8 Å². The summed E-state index contributed by atoms with van der Waals surface area (Å²) in [7, 11) is 0. The van der Waals surface area contributed by atoms with Gasteiger partial charge in [0, 0.05) is 17.7 Å². The van der Waals surface area contributed by atoms with E-state index in [0.29, 0.717) is 22.3 Å². The van der Waals surface area contributed by atoms with E-state index in [1.165, 1.54) is 24.3 Å². The lowest BCUT2D eigenvalue weighted by Crippen LogP contribution is -2.43. The molecule has 0 radical (unpaired) electrons. The van der Waals surface area contributed by atoms with Gasteiger partial charge in [0.25, 0.3) is 5.69 Å². The highest BCUT2D eigenvalue weighted by Gasteiger charge is 2.58. The minimum Gasteiger partial charge on any atom is -0.480 e. The highest BCUT2D eigenvalue weighted by atomic mass is 16.6. The molecular weight excluding hydrogens is 386 g/mol. The number of nitro benzene ring substituents is 1. The standard InChI is InChI=1S/C23H15NO6/c25-21(26)23(22(27)28)18-12-5-4-11-17(18)19(20(23)14-7-2-1-3-8-14)15-9-6-10-16(13-15)24(29)30/h1-13H,(H,25,26)(H,27,28). The zero-order valence-electron chi connectivity index (χ0n) is 15.5. The maximum atomic E-state index is 12.5. The lowest BCUT2D eigenvalue weighted by atomic mass is 9.74. The number of hydrogen-bond donors (Lipinski definition) is 2. The van der Waals surface area contributed by atoms with Crippen LogP contribution in [-0.4, -0.2) is 27.1 Å². The van der Waals surface area contributed by atoms with Gasteiger partial charge in [-0.2, -0.15) is 0 Å². The molecule has 7 nitrogen and oxygen atoms in total. The van der Waals surface area contributed by atoms with Crippen molar-refractivity contribution in [2.75, 3.05) is 0 Å². The number of aliphatic carboxylic acids is 2. The Morgan fingerprint density at radius 3 is 2.03 bits per heavy atom. The van der Waals surface area contributed by atoms with Crippen LogP contribution < -0.4 is 0 Å². The fraction of sp³-hybridized carbons (Fsp3) is 0.0435. The van der Waals surface area contributed by atoms with Gasteiger partial charge in [0.05, 0.1) is 4.92 Å². The summed E-state index contributed by atoms with van der Waals surface area (Å²) < 4.78 is 0. The second-order valence-corrected chi connectivity index (χ2v) is 6.83. The molecule has 30 heavy (non-hydrogen) atoms. The summed E-state index contributed by atoms with van der Waals surface area (Å²) in [6.07, 6.45) is 0. The number of nitrogens with zero attached hydrogens (tertiary/aromatic N) is 1. The van der Waals surface area contributed by atoms with E-state index in [4.69, 9.17) is 0 Å². The molecule has 4 rings (SSSR count). The van der Waals surface area contributed by atoms with Gasteiger partial charge in [-0.25, -0.2) is 0 Å². The fourth-order valence-electron chi connectivity index (χ4n) is 4.06. The van der Waals surface area contributed by atoms with E-state index < -0.39 is 22.3 Å². The van der Waals surface area contributed by atoms with Crippen LogP contribution in [0.2, 0.25) is 0 Å². The van der Waals surface area contributed by atoms with Crippen LogP contribution in [0.15, 0.2) is 78.9 Å². The number of benzene rings is 3. The molecule has 3 aromatic carbocycles. The van der Waals surface area contributed by atoms with Crippen LogP contribution in [0.1, 0.15) is 22.3 Å². The van der Waals surface area contributed by atoms with E-state index in [2.05, 4.69) is 0 Å². The molecule has 0 spiro atoms. The molecule has 0 bridgehead atoms. The first-order valence-electron chi connectivity index (χ1n) is 9.00. The molecule has 0 fully saturated rings. The SMILES string of the molecule is O=C(O)C1(C(=O)O)C(c2ccccc2)=C(c2cccc([N+](=O)[O-])c2)c2ccccc21. The van der Waals surface area contributed by atoms with Gasteiger partial charge in [-0.3, -0.25) is 19.7 Å². The lowest BCUT2D eigenvalue weighted by molar-refractivity contribution is -0.384. The number of non-ortho nitro benzene ring substituents is 1. The molecule has 0 unspecified atom stereocenters.